The summed E-state index contributed by atoms with van der Waals surface area (Å²) in [5.74, 6) is 1.02. The van der Waals surface area contributed by atoms with Crippen molar-refractivity contribution in [2.75, 3.05) is 4.90 Å². The molecule has 11 aromatic rings. The fraction of sp³-hybridized carbons (Fsp3) is 0.0159. The molecular formula is C63H41NO. The molecule has 1 spiro atoms. The van der Waals surface area contributed by atoms with E-state index in [9.17, 15) is 0 Å². The summed E-state index contributed by atoms with van der Waals surface area (Å²) >= 11 is 0. The molecule has 0 N–H and O–H groups in total. The first-order valence-electron chi connectivity index (χ1n) is 22.4. The molecule has 0 radical (unpaired) electrons. The normalized spacial score (nSPS) is 14.2. The van der Waals surface area contributed by atoms with Crippen LogP contribution in [0.15, 0.2) is 253 Å². The Morgan fingerprint density at radius 1 is 0.292 bits per heavy atom. The number of rotatable bonds is 7. The second-order valence-electron chi connectivity index (χ2n) is 17.2. The van der Waals surface area contributed by atoms with Crippen LogP contribution in [0.25, 0.3) is 77.7 Å². The molecule has 0 fully saturated rings. The maximum atomic E-state index is 7.00. The van der Waals surface area contributed by atoms with E-state index in [1.54, 1.807) is 0 Å². The van der Waals surface area contributed by atoms with Crippen LogP contribution in [0.1, 0.15) is 22.5 Å². The van der Waals surface area contributed by atoms with Gasteiger partial charge in [0, 0.05) is 28.0 Å². The molecule has 0 amide bonds. The van der Waals surface area contributed by atoms with Crippen LogP contribution in [0, 0.1) is 0 Å². The average molecular weight is 828 g/mol. The molecular weight excluding hydrogens is 787 g/mol. The van der Waals surface area contributed by atoms with Crippen molar-refractivity contribution in [1.29, 1.82) is 0 Å². The SMILES string of the molecule is c1ccc(-c2ccc(N(c3ccc(-c4ccc5c(c4)C4(c6ccccc6-5)c5ccccc5-c5c4oc4ccccc54)cc3)c3ccc(-c4ccccc4-c4ccccc4)cc3)cc2)cc1. The van der Waals surface area contributed by atoms with E-state index in [0.29, 0.717) is 0 Å². The monoisotopic (exact) mass is 827 g/mol. The van der Waals surface area contributed by atoms with Crippen LogP contribution in [-0.4, -0.2) is 0 Å². The maximum Gasteiger partial charge on any atom is 0.135 e. The van der Waals surface area contributed by atoms with Crippen molar-refractivity contribution in [3.63, 3.8) is 0 Å². The highest BCUT2D eigenvalue weighted by Crippen LogP contribution is 2.64. The lowest BCUT2D eigenvalue weighted by Gasteiger charge is -2.28. The van der Waals surface area contributed by atoms with Gasteiger partial charge in [0.1, 0.15) is 16.8 Å². The Kier molecular flexibility index (Phi) is 8.47. The van der Waals surface area contributed by atoms with E-state index in [-0.39, 0.29) is 0 Å². The zero-order valence-corrected chi connectivity index (χ0v) is 35.5. The van der Waals surface area contributed by atoms with E-state index in [2.05, 4.69) is 254 Å². The Balaban J connectivity index is 0.914. The highest BCUT2D eigenvalue weighted by atomic mass is 16.3. The minimum absolute atomic E-state index is 0.566. The first-order valence-corrected chi connectivity index (χ1v) is 22.4. The first-order chi connectivity index (χ1) is 32.2. The van der Waals surface area contributed by atoms with Crippen LogP contribution >= 0.6 is 0 Å². The van der Waals surface area contributed by atoms with Crippen LogP contribution in [0.2, 0.25) is 0 Å². The van der Waals surface area contributed by atoms with Crippen molar-refractivity contribution in [3.05, 3.63) is 271 Å². The molecule has 0 saturated carbocycles. The van der Waals surface area contributed by atoms with E-state index in [4.69, 9.17) is 4.42 Å². The van der Waals surface area contributed by atoms with Crippen molar-refractivity contribution in [1.82, 2.24) is 0 Å². The molecule has 1 heterocycles. The Hall–Kier alpha value is -8.46. The fourth-order valence-electron chi connectivity index (χ4n) is 10.8. The second kappa shape index (κ2) is 14.8. The summed E-state index contributed by atoms with van der Waals surface area (Å²) in [5.41, 5.74) is 22.0. The molecule has 0 saturated heterocycles. The molecule has 304 valence electrons. The molecule has 2 aliphatic rings. The molecule has 10 aromatic carbocycles. The molecule has 1 unspecified atom stereocenters. The van der Waals surface area contributed by atoms with E-state index < -0.39 is 5.41 Å². The van der Waals surface area contributed by atoms with Crippen LogP contribution in [0.3, 0.4) is 0 Å². The minimum Gasteiger partial charge on any atom is -0.459 e. The Bertz CT molecular complexity index is 3570. The molecule has 65 heavy (non-hydrogen) atoms. The Labute approximate surface area is 379 Å². The van der Waals surface area contributed by atoms with Gasteiger partial charge in [-0.25, -0.2) is 0 Å². The zero-order chi connectivity index (χ0) is 42.9. The number of hydrogen-bond donors (Lipinski definition) is 0. The predicted molar refractivity (Wildman–Crippen MR) is 269 cm³/mol. The van der Waals surface area contributed by atoms with E-state index in [0.717, 1.165) is 39.4 Å². The molecule has 13 rings (SSSR count). The van der Waals surface area contributed by atoms with Gasteiger partial charge < -0.3 is 9.32 Å². The molecule has 0 bridgehead atoms. The van der Waals surface area contributed by atoms with Crippen molar-refractivity contribution in [2.24, 2.45) is 0 Å². The lowest BCUT2D eigenvalue weighted by atomic mass is 9.73. The lowest BCUT2D eigenvalue weighted by molar-refractivity contribution is 0.507. The lowest BCUT2D eigenvalue weighted by Crippen LogP contribution is -2.25. The molecule has 1 aromatic heterocycles. The van der Waals surface area contributed by atoms with Crippen LogP contribution < -0.4 is 4.90 Å². The van der Waals surface area contributed by atoms with E-state index >= 15 is 0 Å². The van der Waals surface area contributed by atoms with Gasteiger partial charge in [0.05, 0.1) is 0 Å². The Morgan fingerprint density at radius 2 is 0.708 bits per heavy atom. The summed E-state index contributed by atoms with van der Waals surface area (Å²) in [6.07, 6.45) is 0. The van der Waals surface area contributed by atoms with Gasteiger partial charge in [-0.1, -0.05) is 200 Å². The van der Waals surface area contributed by atoms with Gasteiger partial charge in [-0.15, -0.1) is 0 Å². The van der Waals surface area contributed by atoms with E-state index in [1.165, 1.54) is 77.9 Å². The number of furan rings is 1. The van der Waals surface area contributed by atoms with Gasteiger partial charge in [-0.3, -0.25) is 0 Å². The van der Waals surface area contributed by atoms with Crippen molar-refractivity contribution in [2.45, 2.75) is 5.41 Å². The highest BCUT2D eigenvalue weighted by Gasteiger charge is 2.55. The molecule has 2 aliphatic carbocycles. The van der Waals surface area contributed by atoms with Gasteiger partial charge in [0.15, 0.2) is 0 Å². The number of hydrogen-bond acceptors (Lipinski definition) is 2. The number of fused-ring (bicyclic) bond motifs is 12. The van der Waals surface area contributed by atoms with Crippen molar-refractivity contribution in [3.8, 4) is 66.8 Å². The van der Waals surface area contributed by atoms with Gasteiger partial charge in [-0.05, 0) is 126 Å². The third kappa shape index (κ3) is 5.74. The fourth-order valence-corrected chi connectivity index (χ4v) is 10.8. The van der Waals surface area contributed by atoms with Gasteiger partial charge >= 0.3 is 0 Å². The summed E-state index contributed by atoms with van der Waals surface area (Å²) in [5, 5.41) is 1.16. The van der Waals surface area contributed by atoms with Crippen molar-refractivity contribution < 1.29 is 4.42 Å². The smallest absolute Gasteiger partial charge is 0.135 e. The standard InChI is InChI=1S/C63H41NO/c1-3-15-42(16-4-1)43-27-34-48(35-28-43)64(50-38-31-46(32-39-50)52-20-8-7-19-51(52)45-17-5-2-6-18-45)49-36-29-44(30-37-49)47-33-40-54-53-21-9-12-24-57(53)63(59(54)41-47)58-25-13-10-22-55(58)61-56-23-11-14-26-60(56)65-62(61)63/h1-41H. The minimum atomic E-state index is -0.566. The quantitative estimate of drug-likeness (QED) is 0.159. The van der Waals surface area contributed by atoms with Crippen LogP contribution in [-0.2, 0) is 5.41 Å². The molecule has 1 atom stereocenters. The second-order valence-corrected chi connectivity index (χ2v) is 17.2. The summed E-state index contributed by atoms with van der Waals surface area (Å²) in [6.45, 7) is 0. The number of nitrogens with zero attached hydrogens (tertiary/aromatic N) is 1. The summed E-state index contributed by atoms with van der Waals surface area (Å²) in [6, 6.07) is 90.3. The number of para-hydroxylation sites is 1. The predicted octanol–water partition coefficient (Wildman–Crippen LogP) is 16.9. The average Bonchev–Trinajstić information content (AvgIpc) is 4.01. The van der Waals surface area contributed by atoms with Crippen LogP contribution in [0.4, 0.5) is 17.1 Å². The highest BCUT2D eigenvalue weighted by molar-refractivity contribution is 6.04. The topological polar surface area (TPSA) is 16.4 Å². The van der Waals surface area contributed by atoms with Gasteiger partial charge in [0.25, 0.3) is 0 Å². The number of benzene rings is 10. The largest absolute Gasteiger partial charge is 0.459 e. The third-order valence-corrected chi connectivity index (χ3v) is 13.7. The van der Waals surface area contributed by atoms with Gasteiger partial charge in [-0.2, -0.15) is 0 Å². The Morgan fingerprint density at radius 3 is 1.34 bits per heavy atom. The number of anilines is 3. The van der Waals surface area contributed by atoms with Crippen molar-refractivity contribution >= 4 is 28.0 Å². The zero-order valence-electron chi connectivity index (χ0n) is 35.5. The molecule has 0 aliphatic heterocycles. The molecule has 2 nitrogen and oxygen atoms in total. The third-order valence-electron chi connectivity index (χ3n) is 13.7. The summed E-state index contributed by atoms with van der Waals surface area (Å²) in [4.78, 5) is 2.36. The summed E-state index contributed by atoms with van der Waals surface area (Å²) in [7, 11) is 0. The molecule has 2 heteroatoms. The van der Waals surface area contributed by atoms with Crippen LogP contribution in [0.5, 0.6) is 0 Å². The first kappa shape index (κ1) is 37.1. The summed E-state index contributed by atoms with van der Waals surface area (Å²) < 4.78 is 7.00. The maximum absolute atomic E-state index is 7.00. The van der Waals surface area contributed by atoms with Gasteiger partial charge in [0.2, 0.25) is 0 Å². The van der Waals surface area contributed by atoms with E-state index in [1.807, 2.05) is 0 Å².